The third-order valence-electron chi connectivity index (χ3n) is 11.1. The predicted molar refractivity (Wildman–Crippen MR) is 188 cm³/mol. The molecule has 3 N–H and O–H groups in total. The second-order valence-corrected chi connectivity index (χ2v) is 13.8. The van der Waals surface area contributed by atoms with Gasteiger partial charge in [0.2, 0.25) is 0 Å². The van der Waals surface area contributed by atoms with E-state index in [1.165, 1.54) is 4.90 Å². The molecule has 0 radical (unpaired) electrons. The summed E-state index contributed by atoms with van der Waals surface area (Å²) in [6, 6.07) is 5.85. The van der Waals surface area contributed by atoms with Gasteiger partial charge in [0.25, 0.3) is 11.8 Å². The van der Waals surface area contributed by atoms with Crippen LogP contribution in [0.15, 0.2) is 30.9 Å². The Kier molecular flexibility index (Phi) is 7.96. The van der Waals surface area contributed by atoms with E-state index in [1.807, 2.05) is 38.1 Å². The number of hydrogen-bond acceptors (Lipinski definition) is 5. The van der Waals surface area contributed by atoms with Crippen LogP contribution in [-0.4, -0.2) is 53.8 Å². The van der Waals surface area contributed by atoms with Crippen LogP contribution < -0.4 is 0 Å². The Morgan fingerprint density at radius 2 is 1.65 bits per heavy atom. The third-order valence-corrected chi connectivity index (χ3v) is 11.1. The molecule has 1 aliphatic carbocycles. The summed E-state index contributed by atoms with van der Waals surface area (Å²) in [5, 5.41) is 9.73. The monoisotopic (exact) mass is 645 g/mol. The van der Waals surface area contributed by atoms with Gasteiger partial charge in [-0.05, 0) is 86.9 Å². The Morgan fingerprint density at radius 1 is 0.958 bits per heavy atom. The van der Waals surface area contributed by atoms with Gasteiger partial charge in [0.1, 0.15) is 0 Å². The molecule has 9 nitrogen and oxygen atoms in total. The zero-order valence-corrected chi connectivity index (χ0v) is 28.4. The number of aliphatic carboxylic acids is 1. The molecule has 48 heavy (non-hydrogen) atoms. The van der Waals surface area contributed by atoms with Gasteiger partial charge in [-0.25, -0.2) is 9.97 Å². The van der Waals surface area contributed by atoms with E-state index in [2.05, 4.69) is 37.3 Å². The number of carboxylic acid groups (broad SMARTS) is 1. The average Bonchev–Trinajstić information content (AvgIpc) is 3.73. The number of nitrogens with one attached hydrogen (secondary N) is 2. The minimum Gasteiger partial charge on any atom is -0.481 e. The van der Waals surface area contributed by atoms with E-state index in [0.717, 1.165) is 100 Å². The molecule has 2 atom stereocenters. The highest BCUT2D eigenvalue weighted by molar-refractivity contribution is 6.23. The van der Waals surface area contributed by atoms with E-state index in [0.29, 0.717) is 28.8 Å². The molecule has 9 heteroatoms. The second-order valence-electron chi connectivity index (χ2n) is 13.8. The van der Waals surface area contributed by atoms with E-state index < -0.39 is 5.97 Å². The molecule has 1 saturated carbocycles. The third kappa shape index (κ3) is 4.93. The van der Waals surface area contributed by atoms with Crippen LogP contribution >= 0.6 is 0 Å². The fraction of sp³-hybridized carbons (Fsp3) is 0.410. The Balaban J connectivity index is 1.63. The van der Waals surface area contributed by atoms with Gasteiger partial charge in [-0.1, -0.05) is 45.8 Å². The summed E-state index contributed by atoms with van der Waals surface area (Å²) < 4.78 is 0. The lowest BCUT2D eigenvalue weighted by Gasteiger charge is -2.35. The van der Waals surface area contributed by atoms with E-state index >= 15 is 0 Å². The molecule has 4 aliphatic heterocycles. The number of aromatic amines is 2. The van der Waals surface area contributed by atoms with Crippen LogP contribution in [0.5, 0.6) is 0 Å². The van der Waals surface area contributed by atoms with Crippen molar-refractivity contribution in [1.29, 1.82) is 0 Å². The van der Waals surface area contributed by atoms with Crippen LogP contribution in [0.4, 0.5) is 0 Å². The van der Waals surface area contributed by atoms with Crippen LogP contribution in [0.3, 0.4) is 0 Å². The topological polar surface area (TPSA) is 132 Å². The highest BCUT2D eigenvalue weighted by Crippen LogP contribution is 2.45. The van der Waals surface area contributed by atoms with Crippen molar-refractivity contribution in [3.05, 3.63) is 81.7 Å². The van der Waals surface area contributed by atoms with Crippen molar-refractivity contribution in [1.82, 2.24) is 24.8 Å². The first-order chi connectivity index (χ1) is 23.0. The fourth-order valence-electron chi connectivity index (χ4n) is 8.35. The standard InChI is InChI=1S/C39H43N5O4/c1-7-24-19(3)27-16-29-21(5)26(14-15-33(45)46)36(42-29)35-37-34(38(47)44(39(35)48)23-12-10-9-11-13-23)22(6)30(43-37)18-32-25(8-2)20(4)28(41-32)17-31(24)40-27/h7,16-18,21,23,26,42-43H,1,8-15H2,2-6H3,(H,45,46)/t21-,26?/m0/s1. The average molecular weight is 646 g/mol. The summed E-state index contributed by atoms with van der Waals surface area (Å²) in [4.78, 5) is 59.8. The van der Waals surface area contributed by atoms with Crippen molar-refractivity contribution >= 4 is 51.1 Å². The first kappa shape index (κ1) is 31.8. The normalized spacial score (nSPS) is 20.5. The molecule has 6 heterocycles. The van der Waals surface area contributed by atoms with Crippen molar-refractivity contribution in [2.75, 3.05) is 0 Å². The molecule has 8 bridgehead atoms. The Bertz CT molecular complexity index is 2050. The van der Waals surface area contributed by atoms with Crippen molar-refractivity contribution in [2.45, 2.75) is 104 Å². The van der Waals surface area contributed by atoms with Crippen molar-refractivity contribution < 1.29 is 19.5 Å². The number of aryl methyl sites for hydroxylation is 1. The van der Waals surface area contributed by atoms with Crippen molar-refractivity contribution in [3.8, 4) is 0 Å². The molecule has 1 unspecified atom stereocenters. The highest BCUT2D eigenvalue weighted by Gasteiger charge is 2.43. The Labute approximate surface area is 280 Å². The maximum atomic E-state index is 14.8. The molecule has 0 aromatic carbocycles. The SMILES string of the molecule is C=CC1=C(C)c2cc3[nH]c(c4c5[nH]c(cc6nc(cc1n2)C(C)=C6CC)c(C)c5C(=O)N(C1CCCCC1)C4=O)C(CCC(=O)O)[C@@H]3C. The number of amides is 2. The highest BCUT2D eigenvalue weighted by atomic mass is 16.4. The summed E-state index contributed by atoms with van der Waals surface area (Å²) >= 11 is 0. The van der Waals surface area contributed by atoms with Crippen molar-refractivity contribution in [2.24, 2.45) is 0 Å². The summed E-state index contributed by atoms with van der Waals surface area (Å²) in [7, 11) is 0. The molecule has 5 aliphatic rings. The molecule has 0 saturated heterocycles. The molecule has 248 valence electrons. The van der Waals surface area contributed by atoms with Crippen LogP contribution in [0.1, 0.15) is 151 Å². The number of hydrogen-bond donors (Lipinski definition) is 3. The Morgan fingerprint density at radius 3 is 2.33 bits per heavy atom. The lowest BCUT2D eigenvalue weighted by Crippen LogP contribution is -2.48. The molecule has 1 fully saturated rings. The number of carbonyl (C=O) groups is 3. The molecule has 2 aromatic heterocycles. The van der Waals surface area contributed by atoms with Gasteiger partial charge >= 0.3 is 5.97 Å². The molecule has 7 rings (SSSR count). The van der Waals surface area contributed by atoms with E-state index in [4.69, 9.17) is 9.97 Å². The summed E-state index contributed by atoms with van der Waals surface area (Å²) in [5.74, 6) is -1.90. The quantitative estimate of drug-likeness (QED) is 0.270. The van der Waals surface area contributed by atoms with Crippen LogP contribution in [-0.2, 0) is 4.79 Å². The summed E-state index contributed by atoms with van der Waals surface area (Å²) in [5.41, 5.74) is 11.7. The summed E-state index contributed by atoms with van der Waals surface area (Å²) in [6.07, 6.45) is 7.47. The number of H-pyrrole nitrogens is 2. The number of nitrogens with zero attached hydrogens (tertiary/aromatic N) is 3. The van der Waals surface area contributed by atoms with Crippen LogP contribution in [0, 0.1) is 6.92 Å². The molecular formula is C39H43N5O4. The first-order valence-corrected chi connectivity index (χ1v) is 17.2. The number of carboxylic acids is 1. The number of rotatable bonds is 6. The summed E-state index contributed by atoms with van der Waals surface area (Å²) in [6.45, 7) is 14.3. The zero-order valence-electron chi connectivity index (χ0n) is 28.4. The van der Waals surface area contributed by atoms with Gasteiger partial charge in [-0.3, -0.25) is 19.3 Å². The van der Waals surface area contributed by atoms with Crippen LogP contribution in [0.25, 0.3) is 33.3 Å². The molecule has 2 amide bonds. The molecule has 2 aromatic rings. The van der Waals surface area contributed by atoms with Gasteiger partial charge in [0.15, 0.2) is 0 Å². The predicted octanol–water partition coefficient (Wildman–Crippen LogP) is 8.48. The first-order valence-electron chi connectivity index (χ1n) is 17.2. The van der Waals surface area contributed by atoms with Gasteiger partial charge in [0.05, 0.1) is 39.4 Å². The van der Waals surface area contributed by atoms with Gasteiger partial charge in [0, 0.05) is 46.8 Å². The molecule has 0 spiro atoms. The van der Waals surface area contributed by atoms with Gasteiger partial charge < -0.3 is 15.1 Å². The largest absolute Gasteiger partial charge is 0.481 e. The second kappa shape index (κ2) is 12.0. The number of aromatic nitrogens is 4. The molecular weight excluding hydrogens is 602 g/mol. The lowest BCUT2D eigenvalue weighted by molar-refractivity contribution is -0.137. The minimum absolute atomic E-state index is 0.0485. The van der Waals surface area contributed by atoms with Crippen LogP contribution in [0.2, 0.25) is 0 Å². The van der Waals surface area contributed by atoms with Crippen molar-refractivity contribution in [3.63, 3.8) is 0 Å². The minimum atomic E-state index is -0.891. The maximum Gasteiger partial charge on any atom is 0.303 e. The van der Waals surface area contributed by atoms with Gasteiger partial charge in [-0.15, -0.1) is 0 Å². The van der Waals surface area contributed by atoms with E-state index in [1.54, 1.807) is 0 Å². The zero-order chi connectivity index (χ0) is 34.0. The van der Waals surface area contributed by atoms with E-state index in [-0.39, 0.29) is 36.1 Å². The van der Waals surface area contributed by atoms with E-state index in [9.17, 15) is 19.5 Å². The lowest BCUT2D eigenvalue weighted by atomic mass is 9.84. The number of carbonyl (C=O) groups excluding carboxylic acids is 2. The fourth-order valence-corrected chi connectivity index (χ4v) is 8.35. The van der Waals surface area contributed by atoms with Gasteiger partial charge in [-0.2, -0.15) is 0 Å². The number of imide groups is 1. The Hall–Kier alpha value is -4.79. The number of fused-ring (bicyclic) bond motifs is 8. The number of allylic oxidation sites excluding steroid dienone is 5. The maximum absolute atomic E-state index is 14.8. The smallest absolute Gasteiger partial charge is 0.303 e.